The Bertz CT molecular complexity index is 152. The lowest BCUT2D eigenvalue weighted by Gasteiger charge is -2.27. The van der Waals surface area contributed by atoms with Crippen LogP contribution in [0.15, 0.2) is 0 Å². The molecule has 0 aromatic rings. The van der Waals surface area contributed by atoms with Gasteiger partial charge in [-0.25, -0.2) is 5.01 Å². The van der Waals surface area contributed by atoms with Crippen LogP contribution in [0.2, 0.25) is 0 Å². The summed E-state index contributed by atoms with van der Waals surface area (Å²) in [6.45, 7) is 3.83. The molecule has 0 spiro atoms. The van der Waals surface area contributed by atoms with Crippen molar-refractivity contribution in [2.45, 2.75) is 32.2 Å². The van der Waals surface area contributed by atoms with Crippen molar-refractivity contribution < 1.29 is 4.79 Å². The molecule has 0 rings (SSSR count). The van der Waals surface area contributed by atoms with Crippen LogP contribution in [-0.4, -0.2) is 30.6 Å². The zero-order valence-corrected chi connectivity index (χ0v) is 8.35. The molecule has 0 unspecified atom stereocenters. The van der Waals surface area contributed by atoms with Crippen molar-refractivity contribution in [2.24, 2.45) is 5.73 Å². The highest BCUT2D eigenvalue weighted by Crippen LogP contribution is 2.10. The van der Waals surface area contributed by atoms with Crippen LogP contribution >= 0.6 is 0 Å². The Morgan fingerprint density at radius 2 is 1.83 bits per heavy atom. The van der Waals surface area contributed by atoms with Crippen molar-refractivity contribution in [3.63, 3.8) is 0 Å². The molecule has 12 heavy (non-hydrogen) atoms. The second-order valence-corrected chi connectivity index (χ2v) is 3.20. The molecule has 0 aliphatic carbocycles. The van der Waals surface area contributed by atoms with Crippen LogP contribution in [0.4, 0.5) is 0 Å². The van der Waals surface area contributed by atoms with Crippen LogP contribution in [0.1, 0.15) is 26.7 Å². The van der Waals surface area contributed by atoms with Gasteiger partial charge < -0.3 is 5.73 Å². The van der Waals surface area contributed by atoms with Crippen molar-refractivity contribution in [1.29, 1.82) is 0 Å². The third-order valence-electron chi connectivity index (χ3n) is 2.04. The van der Waals surface area contributed by atoms with E-state index in [2.05, 4.69) is 5.43 Å². The Kier molecular flexibility index (Phi) is 4.20. The molecule has 72 valence electrons. The molecule has 4 nitrogen and oxygen atoms in total. The monoisotopic (exact) mass is 173 g/mol. The number of rotatable bonds is 4. The smallest absolute Gasteiger partial charge is 0.254 e. The number of hydrazine groups is 1. The van der Waals surface area contributed by atoms with Gasteiger partial charge in [-0.1, -0.05) is 13.8 Å². The molecule has 0 fully saturated rings. The molecule has 0 bridgehead atoms. The van der Waals surface area contributed by atoms with Gasteiger partial charge in [-0.2, -0.15) is 0 Å². The van der Waals surface area contributed by atoms with Crippen LogP contribution in [0.3, 0.4) is 0 Å². The number of nitrogens with one attached hydrogen (secondary N) is 1. The Morgan fingerprint density at radius 3 is 2.08 bits per heavy atom. The van der Waals surface area contributed by atoms with Gasteiger partial charge in [-0.3, -0.25) is 10.2 Å². The van der Waals surface area contributed by atoms with Crippen molar-refractivity contribution in [3.05, 3.63) is 0 Å². The van der Waals surface area contributed by atoms with Crippen LogP contribution in [0, 0.1) is 0 Å². The molecule has 0 saturated heterocycles. The fraction of sp³-hybridized carbons (Fsp3) is 0.875. The van der Waals surface area contributed by atoms with Crippen molar-refractivity contribution in [2.75, 3.05) is 14.1 Å². The molecule has 3 N–H and O–H groups in total. The zero-order chi connectivity index (χ0) is 9.78. The molecule has 1 amide bonds. The highest BCUT2D eigenvalue weighted by molar-refractivity contribution is 5.85. The summed E-state index contributed by atoms with van der Waals surface area (Å²) in [6.07, 6.45) is 1.31. The number of carbonyl (C=O) groups excluding carboxylic acids is 1. The van der Waals surface area contributed by atoms with E-state index in [1.54, 1.807) is 19.1 Å². The summed E-state index contributed by atoms with van der Waals surface area (Å²) >= 11 is 0. The molecular formula is C8H19N3O. The zero-order valence-electron chi connectivity index (χ0n) is 8.35. The normalized spacial score (nSPS) is 11.8. The maximum atomic E-state index is 11.5. The van der Waals surface area contributed by atoms with E-state index >= 15 is 0 Å². The lowest BCUT2D eigenvalue weighted by Crippen LogP contribution is -2.56. The van der Waals surface area contributed by atoms with Gasteiger partial charge in [0.2, 0.25) is 0 Å². The maximum Gasteiger partial charge on any atom is 0.254 e. The SMILES string of the molecule is CCC(N)(CC)C(=O)NN(C)C. The number of amides is 1. The number of nitrogens with two attached hydrogens (primary N) is 1. The predicted molar refractivity (Wildman–Crippen MR) is 49.3 cm³/mol. The van der Waals surface area contributed by atoms with Crippen molar-refractivity contribution in [1.82, 2.24) is 10.4 Å². The number of hydrogen-bond acceptors (Lipinski definition) is 3. The van der Waals surface area contributed by atoms with Gasteiger partial charge in [0.05, 0.1) is 5.54 Å². The largest absolute Gasteiger partial charge is 0.317 e. The predicted octanol–water partition coefficient (Wildman–Crippen LogP) is 0.0967. The molecule has 0 aliphatic rings. The van der Waals surface area contributed by atoms with E-state index in [-0.39, 0.29) is 5.91 Å². The first-order valence-corrected chi connectivity index (χ1v) is 4.23. The topological polar surface area (TPSA) is 58.4 Å². The molecule has 4 heteroatoms. The van der Waals surface area contributed by atoms with E-state index in [1.807, 2.05) is 13.8 Å². The van der Waals surface area contributed by atoms with Crippen molar-refractivity contribution >= 4 is 5.91 Å². The lowest BCUT2D eigenvalue weighted by atomic mass is 9.93. The first kappa shape index (κ1) is 11.4. The first-order chi connectivity index (χ1) is 5.46. The van der Waals surface area contributed by atoms with E-state index < -0.39 is 5.54 Å². The Labute approximate surface area is 74.1 Å². The number of hydrogen-bond donors (Lipinski definition) is 2. The van der Waals surface area contributed by atoms with Gasteiger partial charge in [0, 0.05) is 14.1 Å². The van der Waals surface area contributed by atoms with E-state index in [9.17, 15) is 4.79 Å². The van der Waals surface area contributed by atoms with Crippen LogP contribution in [0.5, 0.6) is 0 Å². The highest BCUT2D eigenvalue weighted by Gasteiger charge is 2.29. The quantitative estimate of drug-likeness (QED) is 0.593. The fourth-order valence-corrected chi connectivity index (χ4v) is 0.886. The summed E-state index contributed by atoms with van der Waals surface area (Å²) in [7, 11) is 3.54. The Balaban J connectivity index is 4.22. The minimum absolute atomic E-state index is 0.113. The third-order valence-corrected chi connectivity index (χ3v) is 2.04. The highest BCUT2D eigenvalue weighted by atomic mass is 16.2. The molecule has 0 saturated carbocycles. The third kappa shape index (κ3) is 2.79. The van der Waals surface area contributed by atoms with E-state index in [4.69, 9.17) is 5.73 Å². The second-order valence-electron chi connectivity index (χ2n) is 3.20. The van der Waals surface area contributed by atoms with Crippen molar-refractivity contribution in [3.8, 4) is 0 Å². The maximum absolute atomic E-state index is 11.5. The molecule has 0 aliphatic heterocycles. The summed E-state index contributed by atoms with van der Waals surface area (Å²) in [4.78, 5) is 11.5. The molecule has 0 aromatic heterocycles. The minimum Gasteiger partial charge on any atom is -0.317 e. The van der Waals surface area contributed by atoms with Crippen LogP contribution in [-0.2, 0) is 4.79 Å². The van der Waals surface area contributed by atoms with E-state index in [0.717, 1.165) is 0 Å². The number of nitrogens with zero attached hydrogens (tertiary/aromatic N) is 1. The Hall–Kier alpha value is -0.610. The molecule has 0 heterocycles. The average Bonchev–Trinajstić information content (AvgIpc) is 2.02. The average molecular weight is 173 g/mol. The van der Waals surface area contributed by atoms with Gasteiger partial charge in [-0.05, 0) is 12.8 Å². The molecule has 0 radical (unpaired) electrons. The first-order valence-electron chi connectivity index (χ1n) is 4.23. The molecule has 0 atom stereocenters. The summed E-state index contributed by atoms with van der Waals surface area (Å²) in [5.74, 6) is -0.113. The van der Waals surface area contributed by atoms with Crippen LogP contribution in [0.25, 0.3) is 0 Å². The van der Waals surface area contributed by atoms with Gasteiger partial charge in [0.1, 0.15) is 0 Å². The number of carbonyl (C=O) groups is 1. The minimum atomic E-state index is -0.718. The summed E-state index contributed by atoms with van der Waals surface area (Å²) in [6, 6.07) is 0. The van der Waals surface area contributed by atoms with Gasteiger partial charge in [0.25, 0.3) is 5.91 Å². The lowest BCUT2D eigenvalue weighted by molar-refractivity contribution is -0.130. The summed E-state index contributed by atoms with van der Waals surface area (Å²) in [5.41, 5.74) is 7.79. The standard InChI is InChI=1S/C8H19N3O/c1-5-8(9,6-2)7(12)10-11(3)4/h5-6,9H2,1-4H3,(H,10,12). The van der Waals surface area contributed by atoms with Gasteiger partial charge in [-0.15, -0.1) is 0 Å². The van der Waals surface area contributed by atoms with E-state index in [1.165, 1.54) is 0 Å². The Morgan fingerprint density at radius 1 is 1.42 bits per heavy atom. The summed E-state index contributed by atoms with van der Waals surface area (Å²) < 4.78 is 0. The van der Waals surface area contributed by atoms with E-state index in [0.29, 0.717) is 12.8 Å². The van der Waals surface area contributed by atoms with Gasteiger partial charge >= 0.3 is 0 Å². The fourth-order valence-electron chi connectivity index (χ4n) is 0.886. The molecule has 0 aromatic carbocycles. The second kappa shape index (κ2) is 4.42. The molecular weight excluding hydrogens is 154 g/mol. The van der Waals surface area contributed by atoms with Gasteiger partial charge in [0.15, 0.2) is 0 Å². The van der Waals surface area contributed by atoms with Crippen LogP contribution < -0.4 is 11.2 Å². The summed E-state index contributed by atoms with van der Waals surface area (Å²) in [5, 5.41) is 1.61.